The van der Waals surface area contributed by atoms with Crippen LogP contribution in [0.5, 0.6) is 0 Å². The van der Waals surface area contributed by atoms with E-state index in [1.54, 1.807) is 36.4 Å². The monoisotopic (exact) mass is 507 g/mol. The molecule has 194 valence electrons. The summed E-state index contributed by atoms with van der Waals surface area (Å²) in [6.07, 6.45) is 3.84. The molecule has 1 heterocycles. The smallest absolute Gasteiger partial charge is 0.407 e. The van der Waals surface area contributed by atoms with Crippen LogP contribution in [0.1, 0.15) is 49.5 Å². The van der Waals surface area contributed by atoms with Crippen LogP contribution < -0.4 is 16.0 Å². The van der Waals surface area contributed by atoms with Gasteiger partial charge in [0.2, 0.25) is 5.91 Å². The number of carbonyl (C=O) groups excluding carboxylic acids is 3. The van der Waals surface area contributed by atoms with Gasteiger partial charge in [-0.15, -0.1) is 0 Å². The van der Waals surface area contributed by atoms with Gasteiger partial charge in [-0.1, -0.05) is 39.3 Å². The molecule has 0 saturated heterocycles. The van der Waals surface area contributed by atoms with Crippen LogP contribution in [0.4, 0.5) is 21.0 Å². The van der Waals surface area contributed by atoms with Gasteiger partial charge in [-0.3, -0.25) is 4.79 Å². The molecule has 3 aromatic rings. The van der Waals surface area contributed by atoms with E-state index in [9.17, 15) is 14.4 Å². The maximum Gasteiger partial charge on any atom is 0.407 e. The number of alkyl carbamates (subject to hydrolysis) is 1. The minimum absolute atomic E-state index is 0.0382. The van der Waals surface area contributed by atoms with Gasteiger partial charge < -0.3 is 25.1 Å². The number of rotatable bonds is 9. The average molecular weight is 508 g/mol. The number of benzene rings is 2. The van der Waals surface area contributed by atoms with Gasteiger partial charge in [0.15, 0.2) is 12.2 Å². The zero-order valence-corrected chi connectivity index (χ0v) is 20.9. The highest BCUT2D eigenvalue weighted by molar-refractivity contribution is 6.04. The molecule has 0 aliphatic rings. The van der Waals surface area contributed by atoms with Crippen LogP contribution in [0, 0.1) is 0 Å². The maximum absolute atomic E-state index is 12.5. The van der Waals surface area contributed by atoms with Crippen LogP contribution in [0.25, 0.3) is 21.8 Å². The number of carbonyl (C=O) groups is 3. The van der Waals surface area contributed by atoms with Crippen molar-refractivity contribution in [3.63, 3.8) is 0 Å². The molecular formula is C25H29N7O5. The molecule has 0 radical (unpaired) electrons. The molecule has 0 fully saturated rings. The van der Waals surface area contributed by atoms with E-state index < -0.39 is 18.0 Å². The molecule has 0 spiro atoms. The SMILES string of the molecule is CC.CCCCOC(=O)NCc1cccc(NC(=O)Nc2ccc(-c3cnco3)c(C(=O)N=[N+]=[N-])c2)c1. The van der Waals surface area contributed by atoms with Crippen LogP contribution >= 0.6 is 0 Å². The molecule has 0 atom stereocenters. The van der Waals surface area contributed by atoms with Gasteiger partial charge in [-0.25, -0.2) is 14.6 Å². The number of hydrogen-bond acceptors (Lipinski definition) is 6. The van der Waals surface area contributed by atoms with Gasteiger partial charge in [-0.2, -0.15) is 0 Å². The number of unbranched alkanes of at least 4 members (excludes halogenated alkanes) is 1. The fourth-order valence-electron chi connectivity index (χ4n) is 3.04. The number of urea groups is 1. The van der Waals surface area contributed by atoms with E-state index in [0.29, 0.717) is 23.6 Å². The van der Waals surface area contributed by atoms with E-state index in [4.69, 9.17) is 14.7 Å². The second-order valence-electron chi connectivity index (χ2n) is 7.24. The fraction of sp³-hybridized carbons (Fsp3) is 0.280. The summed E-state index contributed by atoms with van der Waals surface area (Å²) in [6, 6.07) is 10.8. The minimum Gasteiger partial charge on any atom is -0.450 e. The first-order valence-electron chi connectivity index (χ1n) is 11.7. The van der Waals surface area contributed by atoms with Crippen molar-refractivity contribution in [1.82, 2.24) is 10.3 Å². The van der Waals surface area contributed by atoms with E-state index in [0.717, 1.165) is 18.4 Å². The van der Waals surface area contributed by atoms with Crippen molar-refractivity contribution in [1.29, 1.82) is 0 Å². The number of nitrogens with one attached hydrogen (secondary N) is 3. The Hall–Kier alpha value is -4.83. The van der Waals surface area contributed by atoms with Crippen LogP contribution in [0.2, 0.25) is 0 Å². The zero-order chi connectivity index (χ0) is 27.0. The van der Waals surface area contributed by atoms with E-state index in [1.807, 2.05) is 20.8 Å². The van der Waals surface area contributed by atoms with E-state index in [2.05, 4.69) is 31.0 Å². The quantitative estimate of drug-likeness (QED) is 0.129. The molecule has 0 aliphatic carbocycles. The Morgan fingerprint density at radius 2 is 1.86 bits per heavy atom. The molecule has 4 amide bonds. The van der Waals surface area contributed by atoms with Crippen LogP contribution in [0.15, 0.2) is 64.6 Å². The predicted molar refractivity (Wildman–Crippen MR) is 139 cm³/mol. The number of anilines is 2. The van der Waals surface area contributed by atoms with Crippen molar-refractivity contribution in [2.24, 2.45) is 5.11 Å². The van der Waals surface area contributed by atoms with Gasteiger partial charge in [0.25, 0.3) is 0 Å². The normalized spacial score (nSPS) is 9.70. The molecular weight excluding hydrogens is 478 g/mol. The largest absolute Gasteiger partial charge is 0.450 e. The van der Waals surface area contributed by atoms with Crippen molar-refractivity contribution >= 4 is 29.4 Å². The molecule has 12 heteroatoms. The summed E-state index contributed by atoms with van der Waals surface area (Å²) < 4.78 is 10.3. The third-order valence-electron chi connectivity index (χ3n) is 4.69. The summed E-state index contributed by atoms with van der Waals surface area (Å²) >= 11 is 0. The lowest BCUT2D eigenvalue weighted by Gasteiger charge is -2.11. The number of hydrogen-bond donors (Lipinski definition) is 3. The second kappa shape index (κ2) is 15.2. The Morgan fingerprint density at radius 3 is 2.54 bits per heavy atom. The Labute approximate surface area is 214 Å². The zero-order valence-electron chi connectivity index (χ0n) is 20.9. The number of aromatic nitrogens is 1. The Kier molecular flexibility index (Phi) is 11.7. The first-order chi connectivity index (χ1) is 18.0. The molecule has 0 saturated carbocycles. The van der Waals surface area contributed by atoms with Crippen molar-refractivity contribution < 1.29 is 23.5 Å². The van der Waals surface area contributed by atoms with Crippen molar-refractivity contribution in [2.45, 2.75) is 40.2 Å². The molecule has 12 nitrogen and oxygen atoms in total. The van der Waals surface area contributed by atoms with Crippen molar-refractivity contribution in [3.8, 4) is 11.3 Å². The summed E-state index contributed by atoms with van der Waals surface area (Å²) in [5.74, 6) is -0.534. The lowest BCUT2D eigenvalue weighted by molar-refractivity contribution is 0.100. The van der Waals surface area contributed by atoms with Gasteiger partial charge in [-0.05, 0) is 53.0 Å². The van der Waals surface area contributed by atoms with Crippen molar-refractivity contribution in [2.75, 3.05) is 17.2 Å². The highest BCUT2D eigenvalue weighted by Gasteiger charge is 2.16. The highest BCUT2D eigenvalue weighted by atomic mass is 16.5. The first-order valence-corrected chi connectivity index (χ1v) is 11.7. The van der Waals surface area contributed by atoms with E-state index in [1.165, 1.54) is 18.7 Å². The number of oxazole rings is 1. The van der Waals surface area contributed by atoms with Crippen LogP contribution in [-0.2, 0) is 11.3 Å². The van der Waals surface area contributed by atoms with Crippen LogP contribution in [0.3, 0.4) is 0 Å². The van der Waals surface area contributed by atoms with Crippen molar-refractivity contribution in [3.05, 3.63) is 76.6 Å². The molecule has 1 aromatic heterocycles. The Bertz CT molecular complexity index is 1240. The Morgan fingerprint density at radius 1 is 1.11 bits per heavy atom. The summed E-state index contributed by atoms with van der Waals surface area (Å²) in [5.41, 5.74) is 10.6. The summed E-state index contributed by atoms with van der Waals surface area (Å²) in [7, 11) is 0. The van der Waals surface area contributed by atoms with Gasteiger partial charge in [0, 0.05) is 34.0 Å². The molecule has 0 bridgehead atoms. The lowest BCUT2D eigenvalue weighted by atomic mass is 10.0. The average Bonchev–Trinajstić information content (AvgIpc) is 3.44. The van der Waals surface area contributed by atoms with E-state index in [-0.39, 0.29) is 17.8 Å². The van der Waals surface area contributed by atoms with Gasteiger partial charge in [0.1, 0.15) is 0 Å². The summed E-state index contributed by atoms with van der Waals surface area (Å²) in [4.78, 5) is 42.8. The van der Waals surface area contributed by atoms with E-state index >= 15 is 0 Å². The molecule has 0 aliphatic heterocycles. The first kappa shape index (κ1) is 28.4. The molecule has 3 N–H and O–H groups in total. The van der Waals surface area contributed by atoms with Gasteiger partial charge in [0.05, 0.1) is 12.8 Å². The molecule has 2 aromatic carbocycles. The third-order valence-corrected chi connectivity index (χ3v) is 4.69. The third kappa shape index (κ3) is 9.04. The van der Waals surface area contributed by atoms with Gasteiger partial charge >= 0.3 is 12.1 Å². The summed E-state index contributed by atoms with van der Waals surface area (Å²) in [6.45, 7) is 6.60. The Balaban J connectivity index is 0.00000235. The lowest BCUT2D eigenvalue weighted by Crippen LogP contribution is -2.24. The predicted octanol–water partition coefficient (Wildman–Crippen LogP) is 6.49. The standard InChI is InChI=1S/C23H23N7O5.C2H6/c1-2-3-9-34-23(33)26-12-15-5-4-6-16(10-15)27-22(32)28-17-7-8-18(20-13-25-14-35-20)19(11-17)21(31)29-30-24;1-2/h4-8,10-11,13-14H,2-3,9,12H2,1H3,(H,26,33)(H2,27,28,32);1-2H3. The maximum atomic E-state index is 12.5. The van der Waals surface area contributed by atoms with Crippen LogP contribution in [-0.4, -0.2) is 29.6 Å². The highest BCUT2D eigenvalue weighted by Crippen LogP contribution is 2.27. The number of azide groups is 1. The number of ether oxygens (including phenoxy) is 1. The minimum atomic E-state index is -0.837. The summed E-state index contributed by atoms with van der Waals surface area (Å²) in [5, 5.41) is 11.1. The molecule has 37 heavy (non-hydrogen) atoms. The molecule has 3 rings (SSSR count). The second-order valence-corrected chi connectivity index (χ2v) is 7.24. The fourth-order valence-corrected chi connectivity index (χ4v) is 3.04. The topological polar surface area (TPSA) is 171 Å². The number of amides is 4. The molecule has 0 unspecified atom stereocenters. The number of nitrogens with zero attached hydrogens (tertiary/aromatic N) is 4.